The van der Waals surface area contributed by atoms with Crippen LogP contribution in [-0.2, 0) is 13.1 Å². The summed E-state index contributed by atoms with van der Waals surface area (Å²) < 4.78 is 0. The number of nitrogens with one attached hydrogen (secondary N) is 2. The van der Waals surface area contributed by atoms with Gasteiger partial charge in [0.25, 0.3) is 0 Å². The highest BCUT2D eigenvalue weighted by molar-refractivity contribution is 7.98. The van der Waals surface area contributed by atoms with E-state index < -0.39 is 0 Å². The van der Waals surface area contributed by atoms with Crippen molar-refractivity contribution in [2.24, 2.45) is 4.99 Å². The Hall–Kier alpha value is -1.20. The molecule has 0 bridgehead atoms. The molecule has 0 aromatic heterocycles. The Morgan fingerprint density at radius 3 is 2.50 bits per heavy atom. The van der Waals surface area contributed by atoms with E-state index in [0.717, 1.165) is 31.3 Å². The summed E-state index contributed by atoms with van der Waals surface area (Å²) in [5.74, 6) is 1.94. The van der Waals surface area contributed by atoms with Crippen LogP contribution in [0.5, 0.6) is 0 Å². The van der Waals surface area contributed by atoms with Crippen molar-refractivity contribution in [3.8, 4) is 0 Å². The number of hydrogen-bond donors (Lipinski definition) is 2. The minimum absolute atomic E-state index is 0.544. The van der Waals surface area contributed by atoms with E-state index in [0.29, 0.717) is 6.04 Å². The molecular formula is C17H30N4S. The topological polar surface area (TPSA) is 39.7 Å². The smallest absolute Gasteiger partial charge is 0.191 e. The van der Waals surface area contributed by atoms with Crippen molar-refractivity contribution in [2.45, 2.75) is 33.0 Å². The average molecular weight is 323 g/mol. The molecule has 0 saturated carbocycles. The molecule has 0 aliphatic rings. The summed E-state index contributed by atoms with van der Waals surface area (Å²) in [7, 11) is 3.98. The molecule has 5 heteroatoms. The van der Waals surface area contributed by atoms with Gasteiger partial charge in [0.2, 0.25) is 0 Å². The van der Waals surface area contributed by atoms with Crippen molar-refractivity contribution in [2.75, 3.05) is 32.6 Å². The summed E-state index contributed by atoms with van der Waals surface area (Å²) in [6, 6.07) is 9.14. The zero-order valence-corrected chi connectivity index (χ0v) is 15.3. The van der Waals surface area contributed by atoms with Crippen LogP contribution in [-0.4, -0.2) is 49.6 Å². The largest absolute Gasteiger partial charge is 0.356 e. The summed E-state index contributed by atoms with van der Waals surface area (Å²) in [4.78, 5) is 6.62. The van der Waals surface area contributed by atoms with E-state index in [1.165, 1.54) is 11.1 Å². The molecule has 0 heterocycles. The number of guanidine groups is 1. The second kappa shape index (κ2) is 10.5. The van der Waals surface area contributed by atoms with Crippen molar-refractivity contribution in [3.63, 3.8) is 0 Å². The van der Waals surface area contributed by atoms with Crippen molar-refractivity contribution in [1.82, 2.24) is 15.5 Å². The van der Waals surface area contributed by atoms with Crippen LogP contribution < -0.4 is 10.6 Å². The molecule has 1 rings (SSSR count). The van der Waals surface area contributed by atoms with Gasteiger partial charge in [0, 0.05) is 38.5 Å². The highest BCUT2D eigenvalue weighted by Gasteiger charge is 2.08. The molecule has 0 amide bonds. The van der Waals surface area contributed by atoms with Gasteiger partial charge in [0.1, 0.15) is 0 Å². The zero-order valence-electron chi connectivity index (χ0n) is 14.5. The van der Waals surface area contributed by atoms with Crippen LogP contribution in [0.15, 0.2) is 29.3 Å². The van der Waals surface area contributed by atoms with Crippen LogP contribution in [0.3, 0.4) is 0 Å². The van der Waals surface area contributed by atoms with E-state index in [2.05, 4.69) is 71.9 Å². The van der Waals surface area contributed by atoms with Gasteiger partial charge in [-0.1, -0.05) is 24.3 Å². The molecule has 0 radical (unpaired) electrons. The average Bonchev–Trinajstić information content (AvgIpc) is 2.51. The predicted molar refractivity (Wildman–Crippen MR) is 99.6 cm³/mol. The van der Waals surface area contributed by atoms with Crippen LogP contribution in [0.4, 0.5) is 0 Å². The third-order valence-electron chi connectivity index (χ3n) is 3.69. The minimum Gasteiger partial charge on any atom is -0.356 e. The number of aliphatic imine (C=N–C) groups is 1. The van der Waals surface area contributed by atoms with Gasteiger partial charge in [-0.2, -0.15) is 11.8 Å². The molecule has 0 unspecified atom stereocenters. The molecule has 0 fully saturated rings. The van der Waals surface area contributed by atoms with E-state index in [1.807, 2.05) is 18.8 Å². The first-order chi connectivity index (χ1) is 10.6. The van der Waals surface area contributed by atoms with Gasteiger partial charge in [-0.05, 0) is 38.3 Å². The normalized spacial score (nSPS) is 12.0. The van der Waals surface area contributed by atoms with Gasteiger partial charge >= 0.3 is 0 Å². The first-order valence-corrected chi connectivity index (χ1v) is 9.18. The number of thioether (sulfide) groups is 1. The standard InChI is InChI=1S/C17H30N4S/c1-14(2)21(4)13-16-9-7-6-8-15(16)12-20-17(18-3)19-10-11-22-5/h6-9,14H,10-13H2,1-5H3,(H2,18,19,20). The summed E-state index contributed by atoms with van der Waals surface area (Å²) in [5.41, 5.74) is 2.69. The van der Waals surface area contributed by atoms with Gasteiger partial charge in [-0.15, -0.1) is 0 Å². The lowest BCUT2D eigenvalue weighted by Crippen LogP contribution is -2.38. The van der Waals surface area contributed by atoms with Crippen molar-refractivity contribution >= 4 is 17.7 Å². The Morgan fingerprint density at radius 1 is 1.23 bits per heavy atom. The lowest BCUT2D eigenvalue weighted by Gasteiger charge is -2.23. The molecule has 1 aromatic carbocycles. The first-order valence-electron chi connectivity index (χ1n) is 7.79. The van der Waals surface area contributed by atoms with Crippen LogP contribution >= 0.6 is 11.8 Å². The lowest BCUT2D eigenvalue weighted by atomic mass is 10.1. The zero-order chi connectivity index (χ0) is 16.4. The fraction of sp³-hybridized carbons (Fsp3) is 0.588. The Labute approximate surface area is 139 Å². The van der Waals surface area contributed by atoms with E-state index in [4.69, 9.17) is 0 Å². The second-order valence-corrected chi connectivity index (χ2v) is 6.61. The van der Waals surface area contributed by atoms with Crippen LogP contribution in [0.1, 0.15) is 25.0 Å². The van der Waals surface area contributed by atoms with Gasteiger partial charge in [0.05, 0.1) is 0 Å². The number of rotatable bonds is 8. The molecule has 4 nitrogen and oxygen atoms in total. The fourth-order valence-electron chi connectivity index (χ4n) is 2.01. The van der Waals surface area contributed by atoms with Crippen LogP contribution in [0.2, 0.25) is 0 Å². The third kappa shape index (κ3) is 6.71. The van der Waals surface area contributed by atoms with Crippen molar-refractivity contribution in [1.29, 1.82) is 0 Å². The molecule has 2 N–H and O–H groups in total. The monoisotopic (exact) mass is 322 g/mol. The lowest BCUT2D eigenvalue weighted by molar-refractivity contribution is 0.265. The second-order valence-electron chi connectivity index (χ2n) is 5.62. The van der Waals surface area contributed by atoms with Crippen LogP contribution in [0.25, 0.3) is 0 Å². The quantitative estimate of drug-likeness (QED) is 0.438. The van der Waals surface area contributed by atoms with Crippen molar-refractivity contribution in [3.05, 3.63) is 35.4 Å². The summed E-state index contributed by atoms with van der Waals surface area (Å²) in [5, 5.41) is 6.73. The number of benzene rings is 1. The van der Waals surface area contributed by atoms with E-state index in [9.17, 15) is 0 Å². The maximum absolute atomic E-state index is 4.27. The number of hydrogen-bond acceptors (Lipinski definition) is 3. The summed E-state index contributed by atoms with van der Waals surface area (Å²) in [6.45, 7) is 7.13. The fourth-order valence-corrected chi connectivity index (χ4v) is 2.31. The Kier molecular flexibility index (Phi) is 9.01. The SMILES string of the molecule is CN=C(NCCSC)NCc1ccccc1CN(C)C(C)C. The Morgan fingerprint density at radius 2 is 1.91 bits per heavy atom. The van der Waals surface area contributed by atoms with Gasteiger partial charge in [0.15, 0.2) is 5.96 Å². The first kappa shape index (κ1) is 18.8. The van der Waals surface area contributed by atoms with E-state index in [-0.39, 0.29) is 0 Å². The molecule has 124 valence electrons. The van der Waals surface area contributed by atoms with Crippen LogP contribution in [0, 0.1) is 0 Å². The molecular weight excluding hydrogens is 292 g/mol. The molecule has 0 saturated heterocycles. The van der Waals surface area contributed by atoms with E-state index in [1.54, 1.807) is 0 Å². The van der Waals surface area contributed by atoms with E-state index >= 15 is 0 Å². The minimum atomic E-state index is 0.544. The molecule has 0 atom stereocenters. The van der Waals surface area contributed by atoms with Gasteiger partial charge in [-0.3, -0.25) is 9.89 Å². The molecule has 1 aromatic rings. The molecule has 22 heavy (non-hydrogen) atoms. The Balaban J connectivity index is 2.61. The summed E-state index contributed by atoms with van der Waals surface area (Å²) >= 11 is 1.83. The number of nitrogens with zero attached hydrogens (tertiary/aromatic N) is 2. The maximum atomic E-state index is 4.27. The predicted octanol–water partition coefficient (Wildman–Crippen LogP) is 2.55. The molecule has 0 spiro atoms. The van der Waals surface area contributed by atoms with Gasteiger partial charge in [-0.25, -0.2) is 0 Å². The highest BCUT2D eigenvalue weighted by Crippen LogP contribution is 2.12. The molecule has 0 aliphatic carbocycles. The Bertz CT molecular complexity index is 460. The maximum Gasteiger partial charge on any atom is 0.191 e. The summed E-state index contributed by atoms with van der Waals surface area (Å²) in [6.07, 6.45) is 2.11. The third-order valence-corrected chi connectivity index (χ3v) is 4.30. The van der Waals surface area contributed by atoms with Crippen molar-refractivity contribution < 1.29 is 0 Å². The van der Waals surface area contributed by atoms with Gasteiger partial charge < -0.3 is 10.6 Å². The highest BCUT2D eigenvalue weighted by atomic mass is 32.2. The molecule has 0 aliphatic heterocycles.